The Morgan fingerprint density at radius 2 is 1.76 bits per heavy atom. The smallest absolute Gasteiger partial charge is 0.246 e. The van der Waals surface area contributed by atoms with Crippen LogP contribution in [0.5, 0.6) is 0 Å². The van der Waals surface area contributed by atoms with Crippen LogP contribution in [-0.2, 0) is 19.1 Å². The highest BCUT2D eigenvalue weighted by Gasteiger charge is 2.76. The number of hydrogen-bond donors (Lipinski definition) is 2. The summed E-state index contributed by atoms with van der Waals surface area (Å²) in [5.41, 5.74) is -1.96. The molecule has 1 aromatic carbocycles. The number of anilines is 1. The maximum Gasteiger partial charge on any atom is 0.246 e. The van der Waals surface area contributed by atoms with E-state index in [9.17, 15) is 19.2 Å². The average Bonchev–Trinajstić information content (AvgIpc) is 3.39. The van der Waals surface area contributed by atoms with Gasteiger partial charge in [0.1, 0.15) is 11.6 Å². The third kappa shape index (κ3) is 4.19. The van der Waals surface area contributed by atoms with Crippen LogP contribution < -0.4 is 15.5 Å². The van der Waals surface area contributed by atoms with Crippen molar-refractivity contribution < 1.29 is 23.9 Å². The highest BCUT2D eigenvalue weighted by atomic mass is 16.5. The van der Waals surface area contributed by atoms with Crippen LogP contribution in [0.3, 0.4) is 0 Å². The molecule has 1 saturated carbocycles. The largest absolute Gasteiger partial charge is 0.356 e. The highest BCUT2D eigenvalue weighted by molar-refractivity contribution is 6.11. The van der Waals surface area contributed by atoms with E-state index < -0.39 is 34.6 Å². The van der Waals surface area contributed by atoms with E-state index in [0.29, 0.717) is 11.3 Å². The molecule has 5 atom stereocenters. The highest BCUT2D eigenvalue weighted by Crippen LogP contribution is 2.60. The molecule has 2 saturated heterocycles. The third-order valence-corrected chi connectivity index (χ3v) is 8.21. The van der Waals surface area contributed by atoms with E-state index in [1.54, 1.807) is 24.3 Å². The minimum Gasteiger partial charge on any atom is -0.356 e. The molecule has 3 amide bonds. The molecule has 3 aliphatic heterocycles. The van der Waals surface area contributed by atoms with E-state index in [-0.39, 0.29) is 29.5 Å². The summed E-state index contributed by atoms with van der Waals surface area (Å²) < 4.78 is 6.58. The Kier molecular flexibility index (Phi) is 6.09. The van der Waals surface area contributed by atoms with Crippen molar-refractivity contribution in [3.63, 3.8) is 0 Å². The lowest BCUT2D eigenvalue weighted by Crippen LogP contribution is -2.58. The van der Waals surface area contributed by atoms with E-state index in [1.807, 2.05) is 39.8 Å². The molecule has 1 spiro atoms. The van der Waals surface area contributed by atoms with Gasteiger partial charge in [0.15, 0.2) is 5.78 Å². The van der Waals surface area contributed by atoms with Crippen molar-refractivity contribution in [2.75, 3.05) is 4.90 Å². The van der Waals surface area contributed by atoms with Gasteiger partial charge in [0, 0.05) is 22.8 Å². The second-order valence-electron chi connectivity index (χ2n) is 12.2. The number of rotatable bonds is 5. The van der Waals surface area contributed by atoms with Crippen LogP contribution in [0.1, 0.15) is 77.1 Å². The lowest BCUT2D eigenvalue weighted by Gasteiger charge is -2.35. The molecule has 2 bridgehead atoms. The van der Waals surface area contributed by atoms with Gasteiger partial charge in [0.05, 0.1) is 17.4 Å². The SMILES string of the molecule is CC(=O)c1cccc(N2C(=O)[C@H]3[C@@H](C(=O)NC4CCCCC4)[C@@]4(C)C=C[C@@]3(O4)[C@@H]2C(=O)NC(C)(C)C)c1. The monoisotopic (exact) mass is 507 g/mol. The number of ketones is 1. The van der Waals surface area contributed by atoms with Crippen molar-refractivity contribution in [3.8, 4) is 0 Å². The van der Waals surface area contributed by atoms with E-state index in [4.69, 9.17) is 4.74 Å². The topological polar surface area (TPSA) is 105 Å². The van der Waals surface area contributed by atoms with Crippen LogP contribution in [0, 0.1) is 11.8 Å². The van der Waals surface area contributed by atoms with Crippen LogP contribution in [0.4, 0.5) is 5.69 Å². The summed E-state index contributed by atoms with van der Waals surface area (Å²) in [7, 11) is 0. The number of fused-ring (bicyclic) bond motifs is 1. The predicted octanol–water partition coefficient (Wildman–Crippen LogP) is 3.30. The number of Topliss-reactive ketones (excluding diaryl/α,β-unsaturated/α-hetero) is 1. The van der Waals surface area contributed by atoms with Crippen LogP contribution >= 0.6 is 0 Å². The first kappa shape index (κ1) is 25.6. The van der Waals surface area contributed by atoms with Crippen molar-refractivity contribution in [3.05, 3.63) is 42.0 Å². The molecule has 0 aromatic heterocycles. The maximum atomic E-state index is 14.3. The zero-order chi connectivity index (χ0) is 26.8. The first-order valence-corrected chi connectivity index (χ1v) is 13.3. The van der Waals surface area contributed by atoms with E-state index >= 15 is 0 Å². The number of nitrogens with one attached hydrogen (secondary N) is 2. The van der Waals surface area contributed by atoms with Gasteiger partial charge in [-0.1, -0.05) is 43.5 Å². The van der Waals surface area contributed by atoms with Gasteiger partial charge < -0.3 is 15.4 Å². The molecule has 4 aliphatic rings. The second-order valence-corrected chi connectivity index (χ2v) is 12.2. The lowest BCUT2D eigenvalue weighted by atomic mass is 9.70. The molecule has 0 radical (unpaired) electrons. The lowest BCUT2D eigenvalue weighted by molar-refractivity contribution is -0.135. The Balaban J connectivity index is 1.58. The standard InChI is InChI=1S/C29H37N3O5/c1-17(33)18-10-9-13-20(16-18)32-23(25(35)31-27(2,3)4)29-15-14-28(5,37-29)21(22(29)26(32)36)24(34)30-19-11-7-6-8-12-19/h9-10,13-16,19,21-23H,6-8,11-12H2,1-5H3,(H,30,34)(H,31,35)/t21-,22+,23-,28+,29-/m0/s1. The number of carbonyl (C=O) groups excluding carboxylic acids is 4. The Morgan fingerprint density at radius 1 is 1.05 bits per heavy atom. The van der Waals surface area contributed by atoms with Crippen LogP contribution in [0.15, 0.2) is 36.4 Å². The molecule has 8 heteroatoms. The van der Waals surface area contributed by atoms with Gasteiger partial charge in [-0.05, 0) is 59.6 Å². The fourth-order valence-corrected chi connectivity index (χ4v) is 6.66. The van der Waals surface area contributed by atoms with Gasteiger partial charge in [-0.15, -0.1) is 0 Å². The zero-order valence-electron chi connectivity index (χ0n) is 22.3. The van der Waals surface area contributed by atoms with Crippen molar-refractivity contribution in [2.45, 2.75) is 95.5 Å². The summed E-state index contributed by atoms with van der Waals surface area (Å²) >= 11 is 0. The maximum absolute atomic E-state index is 14.3. The number of amides is 3. The summed E-state index contributed by atoms with van der Waals surface area (Å²) in [5, 5.41) is 6.21. The van der Waals surface area contributed by atoms with Crippen LogP contribution in [0.2, 0.25) is 0 Å². The number of benzene rings is 1. The van der Waals surface area contributed by atoms with Crippen molar-refractivity contribution in [1.29, 1.82) is 0 Å². The summed E-state index contributed by atoms with van der Waals surface area (Å²) in [6.45, 7) is 8.92. The van der Waals surface area contributed by atoms with Crippen molar-refractivity contribution >= 4 is 29.2 Å². The predicted molar refractivity (Wildman–Crippen MR) is 139 cm³/mol. The Hall–Kier alpha value is -3.00. The molecule has 1 aromatic rings. The summed E-state index contributed by atoms with van der Waals surface area (Å²) in [6.07, 6.45) is 8.82. The fraction of sp³-hybridized carbons (Fsp3) is 0.586. The van der Waals surface area contributed by atoms with Gasteiger partial charge in [0.2, 0.25) is 17.7 Å². The van der Waals surface area contributed by atoms with Crippen molar-refractivity contribution in [1.82, 2.24) is 10.6 Å². The van der Waals surface area contributed by atoms with E-state index in [2.05, 4.69) is 10.6 Å². The molecule has 3 fully saturated rings. The molecule has 3 heterocycles. The minimum atomic E-state index is -1.29. The minimum absolute atomic E-state index is 0.0868. The Morgan fingerprint density at radius 3 is 2.41 bits per heavy atom. The number of nitrogens with zero attached hydrogens (tertiary/aromatic N) is 1. The molecule has 37 heavy (non-hydrogen) atoms. The first-order valence-electron chi connectivity index (χ1n) is 13.3. The number of hydrogen-bond acceptors (Lipinski definition) is 5. The quantitative estimate of drug-likeness (QED) is 0.470. The molecule has 0 unspecified atom stereocenters. The molecule has 198 valence electrons. The van der Waals surface area contributed by atoms with Crippen molar-refractivity contribution in [2.24, 2.45) is 11.8 Å². The number of ether oxygens (including phenoxy) is 1. The van der Waals surface area contributed by atoms with Gasteiger partial charge in [0.25, 0.3) is 0 Å². The van der Waals surface area contributed by atoms with Crippen LogP contribution in [-0.4, -0.2) is 52.3 Å². The molecular weight excluding hydrogens is 470 g/mol. The summed E-state index contributed by atoms with van der Waals surface area (Å²) in [5.74, 6) is -2.67. The summed E-state index contributed by atoms with van der Waals surface area (Å²) in [4.78, 5) is 55.4. The summed E-state index contributed by atoms with van der Waals surface area (Å²) in [6, 6.07) is 5.78. The molecular formula is C29H37N3O5. The van der Waals surface area contributed by atoms with Gasteiger partial charge >= 0.3 is 0 Å². The van der Waals surface area contributed by atoms with Gasteiger partial charge in [-0.2, -0.15) is 0 Å². The molecule has 2 N–H and O–H groups in total. The van der Waals surface area contributed by atoms with Gasteiger partial charge in [-0.3, -0.25) is 24.1 Å². The van der Waals surface area contributed by atoms with E-state index in [1.165, 1.54) is 18.2 Å². The molecule has 5 rings (SSSR count). The zero-order valence-corrected chi connectivity index (χ0v) is 22.3. The van der Waals surface area contributed by atoms with Crippen LogP contribution in [0.25, 0.3) is 0 Å². The molecule has 1 aliphatic carbocycles. The normalized spacial score (nSPS) is 32.9. The van der Waals surface area contributed by atoms with Gasteiger partial charge in [-0.25, -0.2) is 0 Å². The third-order valence-electron chi connectivity index (χ3n) is 8.21. The Labute approximate surface area is 218 Å². The number of carbonyl (C=O) groups is 4. The fourth-order valence-electron chi connectivity index (χ4n) is 6.66. The molecule has 8 nitrogen and oxygen atoms in total. The second kappa shape index (κ2) is 8.79. The Bertz CT molecular complexity index is 1180. The average molecular weight is 508 g/mol. The van der Waals surface area contributed by atoms with E-state index in [0.717, 1.165) is 25.7 Å². The first-order chi connectivity index (χ1) is 17.4.